The lowest BCUT2D eigenvalue weighted by Crippen LogP contribution is -2.56. The van der Waals surface area contributed by atoms with Gasteiger partial charge in [0, 0.05) is 31.7 Å². The Hall–Kier alpha value is -1.44. The predicted molar refractivity (Wildman–Crippen MR) is 94.1 cm³/mol. The van der Waals surface area contributed by atoms with Crippen LogP contribution in [0.5, 0.6) is 0 Å². The number of carbonyl (C=O) groups excluding carboxylic acids is 1. The highest BCUT2D eigenvalue weighted by Gasteiger charge is 2.32. The maximum atomic E-state index is 12.6. The summed E-state index contributed by atoms with van der Waals surface area (Å²) in [4.78, 5) is 14.6. The molecule has 1 atom stereocenters. The van der Waals surface area contributed by atoms with Crippen LogP contribution < -0.4 is 5.32 Å². The number of hydrogen-bond acceptors (Lipinski definition) is 4. The van der Waals surface area contributed by atoms with E-state index in [0.717, 1.165) is 0 Å². The minimum Gasteiger partial charge on any atom is -0.350 e. The molecule has 0 bridgehead atoms. The number of nitrogens with zero attached hydrogens (tertiary/aromatic N) is 2. The molecule has 1 amide bonds. The lowest BCUT2D eigenvalue weighted by Gasteiger charge is -2.37. The number of piperazine rings is 1. The van der Waals surface area contributed by atoms with Crippen LogP contribution in [-0.2, 0) is 14.8 Å². The molecule has 24 heavy (non-hydrogen) atoms. The molecular formula is C17H27N3O3S. The molecule has 1 fully saturated rings. The first-order valence-corrected chi connectivity index (χ1v) is 9.66. The van der Waals surface area contributed by atoms with Crippen LogP contribution in [0.25, 0.3) is 0 Å². The van der Waals surface area contributed by atoms with E-state index in [-0.39, 0.29) is 17.5 Å². The van der Waals surface area contributed by atoms with E-state index in [4.69, 9.17) is 0 Å². The first-order valence-electron chi connectivity index (χ1n) is 8.22. The van der Waals surface area contributed by atoms with Crippen molar-refractivity contribution in [3.05, 3.63) is 30.3 Å². The minimum atomic E-state index is -3.45. The summed E-state index contributed by atoms with van der Waals surface area (Å²) in [7, 11) is -3.45. The molecule has 0 aliphatic carbocycles. The zero-order valence-corrected chi connectivity index (χ0v) is 15.6. The quantitative estimate of drug-likeness (QED) is 0.886. The van der Waals surface area contributed by atoms with Gasteiger partial charge in [0.1, 0.15) is 0 Å². The number of carbonyl (C=O) groups is 1. The fourth-order valence-electron chi connectivity index (χ4n) is 2.71. The maximum absolute atomic E-state index is 12.6. The molecule has 2 rings (SSSR count). The van der Waals surface area contributed by atoms with Crippen molar-refractivity contribution < 1.29 is 13.2 Å². The van der Waals surface area contributed by atoms with Gasteiger partial charge in [-0.15, -0.1) is 0 Å². The summed E-state index contributed by atoms with van der Waals surface area (Å²) < 4.78 is 26.7. The fraction of sp³-hybridized carbons (Fsp3) is 0.588. The third kappa shape index (κ3) is 4.55. The number of rotatable bonds is 4. The summed E-state index contributed by atoms with van der Waals surface area (Å²) in [6.45, 7) is 9.58. The summed E-state index contributed by atoms with van der Waals surface area (Å²) in [5.41, 5.74) is -0.274. The van der Waals surface area contributed by atoms with Crippen LogP contribution in [0.2, 0.25) is 0 Å². The number of amides is 1. The molecule has 6 nitrogen and oxygen atoms in total. The molecule has 1 N–H and O–H groups in total. The third-order valence-electron chi connectivity index (χ3n) is 4.08. The number of hydrogen-bond donors (Lipinski definition) is 1. The lowest BCUT2D eigenvalue weighted by atomic mass is 10.1. The summed E-state index contributed by atoms with van der Waals surface area (Å²) in [6.07, 6.45) is 0. The average molecular weight is 353 g/mol. The minimum absolute atomic E-state index is 0.0260. The zero-order chi connectivity index (χ0) is 18.0. The van der Waals surface area contributed by atoms with Crippen molar-refractivity contribution in [3.8, 4) is 0 Å². The zero-order valence-electron chi connectivity index (χ0n) is 14.8. The van der Waals surface area contributed by atoms with E-state index < -0.39 is 10.0 Å². The Morgan fingerprint density at radius 1 is 1.08 bits per heavy atom. The highest BCUT2D eigenvalue weighted by Crippen LogP contribution is 2.18. The Labute approximate surface area is 144 Å². The third-order valence-corrected chi connectivity index (χ3v) is 5.99. The molecule has 0 aromatic heterocycles. The second-order valence-corrected chi connectivity index (χ2v) is 9.11. The summed E-state index contributed by atoms with van der Waals surface area (Å²) in [6, 6.07) is 8.20. The van der Waals surface area contributed by atoms with Crippen molar-refractivity contribution in [2.75, 3.05) is 26.2 Å². The first-order chi connectivity index (χ1) is 11.1. The maximum Gasteiger partial charge on any atom is 0.243 e. The first kappa shape index (κ1) is 18.9. The van der Waals surface area contributed by atoms with Gasteiger partial charge in [-0.1, -0.05) is 18.2 Å². The highest BCUT2D eigenvalue weighted by atomic mass is 32.2. The number of sulfonamides is 1. The molecule has 134 valence electrons. The molecule has 1 saturated heterocycles. The fourth-order valence-corrected chi connectivity index (χ4v) is 4.16. The van der Waals surface area contributed by atoms with Crippen LogP contribution in [0.1, 0.15) is 27.7 Å². The monoisotopic (exact) mass is 353 g/mol. The van der Waals surface area contributed by atoms with Crippen molar-refractivity contribution >= 4 is 15.9 Å². The van der Waals surface area contributed by atoms with Crippen LogP contribution >= 0.6 is 0 Å². The van der Waals surface area contributed by atoms with E-state index >= 15 is 0 Å². The van der Waals surface area contributed by atoms with E-state index in [2.05, 4.69) is 5.32 Å². The molecule has 0 spiro atoms. The smallest absolute Gasteiger partial charge is 0.243 e. The van der Waals surface area contributed by atoms with Gasteiger partial charge in [-0.3, -0.25) is 9.69 Å². The lowest BCUT2D eigenvalue weighted by molar-refractivity contribution is -0.127. The molecule has 1 aromatic carbocycles. The van der Waals surface area contributed by atoms with Gasteiger partial charge in [0.05, 0.1) is 10.9 Å². The Morgan fingerprint density at radius 3 is 2.12 bits per heavy atom. The number of benzene rings is 1. The van der Waals surface area contributed by atoms with E-state index in [9.17, 15) is 13.2 Å². The molecular weight excluding hydrogens is 326 g/mol. The second kappa shape index (κ2) is 7.21. The molecule has 1 aromatic rings. The van der Waals surface area contributed by atoms with Gasteiger partial charge < -0.3 is 5.32 Å². The van der Waals surface area contributed by atoms with Crippen molar-refractivity contribution in [1.29, 1.82) is 0 Å². The predicted octanol–water partition coefficient (Wildman–Crippen LogP) is 1.30. The van der Waals surface area contributed by atoms with Crippen molar-refractivity contribution in [1.82, 2.24) is 14.5 Å². The Balaban J connectivity index is 1.97. The molecule has 7 heteroatoms. The van der Waals surface area contributed by atoms with Crippen molar-refractivity contribution in [3.63, 3.8) is 0 Å². The van der Waals surface area contributed by atoms with E-state index in [1.807, 2.05) is 32.6 Å². The van der Waals surface area contributed by atoms with Crippen molar-refractivity contribution in [2.45, 2.75) is 44.2 Å². The highest BCUT2D eigenvalue weighted by molar-refractivity contribution is 7.89. The number of nitrogens with one attached hydrogen (secondary N) is 1. The molecule has 0 saturated carbocycles. The largest absolute Gasteiger partial charge is 0.350 e. The normalized spacial score (nSPS) is 19.0. The Morgan fingerprint density at radius 2 is 1.62 bits per heavy atom. The second-order valence-electron chi connectivity index (χ2n) is 7.17. The van der Waals surface area contributed by atoms with E-state index in [0.29, 0.717) is 31.1 Å². The van der Waals surface area contributed by atoms with Gasteiger partial charge in [-0.2, -0.15) is 4.31 Å². The van der Waals surface area contributed by atoms with Gasteiger partial charge in [0.25, 0.3) is 0 Å². The van der Waals surface area contributed by atoms with Crippen LogP contribution in [0.4, 0.5) is 0 Å². The summed E-state index contributed by atoms with van der Waals surface area (Å²) in [5, 5.41) is 2.97. The molecule has 1 aliphatic heterocycles. The Bertz CT molecular complexity index is 660. The molecule has 0 unspecified atom stereocenters. The summed E-state index contributed by atoms with van der Waals surface area (Å²) in [5.74, 6) is -0.0260. The topological polar surface area (TPSA) is 69.7 Å². The standard InChI is InChI=1S/C17H27N3O3S/c1-14(16(21)18-17(2,3)4)19-10-12-20(13-11-19)24(22,23)15-8-6-5-7-9-15/h5-9,14H,10-13H2,1-4H3,(H,18,21)/t14-/m0/s1. The van der Waals surface area contributed by atoms with Crippen LogP contribution in [-0.4, -0.2) is 61.3 Å². The van der Waals surface area contributed by atoms with Crippen LogP contribution in [0.15, 0.2) is 35.2 Å². The molecule has 0 radical (unpaired) electrons. The Kier molecular flexibility index (Phi) is 5.67. The average Bonchev–Trinajstić information content (AvgIpc) is 2.53. The van der Waals surface area contributed by atoms with E-state index in [1.165, 1.54) is 4.31 Å². The van der Waals surface area contributed by atoms with Gasteiger partial charge in [0.2, 0.25) is 15.9 Å². The van der Waals surface area contributed by atoms with Gasteiger partial charge in [-0.05, 0) is 39.8 Å². The molecule has 1 heterocycles. The molecule has 1 aliphatic rings. The van der Waals surface area contributed by atoms with Gasteiger partial charge in [0.15, 0.2) is 0 Å². The van der Waals surface area contributed by atoms with E-state index in [1.54, 1.807) is 30.3 Å². The SMILES string of the molecule is C[C@@H](C(=O)NC(C)(C)C)N1CCN(S(=O)(=O)c2ccccc2)CC1. The van der Waals surface area contributed by atoms with Gasteiger partial charge in [-0.25, -0.2) is 8.42 Å². The van der Waals surface area contributed by atoms with Crippen LogP contribution in [0, 0.1) is 0 Å². The van der Waals surface area contributed by atoms with Gasteiger partial charge >= 0.3 is 0 Å². The van der Waals surface area contributed by atoms with Crippen molar-refractivity contribution in [2.24, 2.45) is 0 Å². The van der Waals surface area contributed by atoms with Crippen LogP contribution in [0.3, 0.4) is 0 Å². The summed E-state index contributed by atoms with van der Waals surface area (Å²) >= 11 is 0.